The van der Waals surface area contributed by atoms with Crippen molar-refractivity contribution in [3.63, 3.8) is 0 Å². The molecule has 1 aliphatic carbocycles. The van der Waals surface area contributed by atoms with Crippen molar-refractivity contribution in [2.45, 2.75) is 38.6 Å². The van der Waals surface area contributed by atoms with Crippen LogP contribution in [0, 0.1) is 17.6 Å². The molecule has 1 fully saturated rings. The molecule has 0 bridgehead atoms. The molecule has 1 aromatic heterocycles. The van der Waals surface area contributed by atoms with Crippen molar-refractivity contribution in [3.8, 4) is 0 Å². The van der Waals surface area contributed by atoms with Gasteiger partial charge in [-0.15, -0.1) is 11.6 Å². The molecule has 2 nitrogen and oxygen atoms in total. The Balaban J connectivity index is 2.17. The van der Waals surface area contributed by atoms with Gasteiger partial charge < -0.3 is 4.57 Å². The van der Waals surface area contributed by atoms with Crippen LogP contribution in [0.15, 0.2) is 12.1 Å². The average Bonchev–Trinajstić information content (AvgIpc) is 2.65. The molecule has 0 N–H and O–H groups in total. The average molecular weight is 299 g/mol. The van der Waals surface area contributed by atoms with E-state index in [0.717, 1.165) is 11.9 Å². The van der Waals surface area contributed by atoms with Crippen molar-refractivity contribution in [2.24, 2.45) is 5.92 Å². The van der Waals surface area contributed by atoms with Crippen LogP contribution in [0.5, 0.6) is 0 Å². The summed E-state index contributed by atoms with van der Waals surface area (Å²) in [5.74, 6) is 0.571. The third kappa shape index (κ3) is 2.20. The second-order valence-corrected chi connectivity index (χ2v) is 5.90. The maximum absolute atomic E-state index is 13.9. The molecule has 1 atom stereocenters. The summed E-state index contributed by atoms with van der Waals surface area (Å²) in [6.45, 7) is 2.10. The van der Waals surface area contributed by atoms with E-state index in [4.69, 9.17) is 11.6 Å². The predicted molar refractivity (Wildman–Crippen MR) is 76.1 cm³/mol. The van der Waals surface area contributed by atoms with Gasteiger partial charge in [0.15, 0.2) is 5.82 Å². The zero-order chi connectivity index (χ0) is 14.3. The van der Waals surface area contributed by atoms with Crippen molar-refractivity contribution in [2.75, 3.05) is 5.88 Å². The summed E-state index contributed by atoms with van der Waals surface area (Å²) in [5, 5.41) is 0. The van der Waals surface area contributed by atoms with E-state index in [1.54, 1.807) is 0 Å². The first-order valence-corrected chi connectivity index (χ1v) is 7.57. The van der Waals surface area contributed by atoms with Gasteiger partial charge >= 0.3 is 0 Å². The lowest BCUT2D eigenvalue weighted by Gasteiger charge is -2.33. The van der Waals surface area contributed by atoms with Crippen molar-refractivity contribution in [1.29, 1.82) is 0 Å². The Hall–Kier alpha value is -1.16. The zero-order valence-corrected chi connectivity index (χ0v) is 12.1. The number of aryl methyl sites for hydroxylation is 1. The first kappa shape index (κ1) is 13.8. The van der Waals surface area contributed by atoms with Crippen LogP contribution < -0.4 is 0 Å². The Morgan fingerprint density at radius 2 is 2.15 bits per heavy atom. The van der Waals surface area contributed by atoms with Gasteiger partial charge in [-0.1, -0.05) is 6.42 Å². The number of aromatic nitrogens is 2. The maximum Gasteiger partial charge on any atom is 0.153 e. The van der Waals surface area contributed by atoms with Crippen molar-refractivity contribution < 1.29 is 8.78 Å². The molecule has 5 heteroatoms. The highest BCUT2D eigenvalue weighted by Gasteiger charge is 2.28. The first-order valence-electron chi connectivity index (χ1n) is 7.03. The fraction of sp³-hybridized carbons (Fsp3) is 0.533. The molecule has 1 heterocycles. The van der Waals surface area contributed by atoms with Crippen molar-refractivity contribution >= 4 is 22.6 Å². The van der Waals surface area contributed by atoms with Gasteiger partial charge in [-0.25, -0.2) is 13.8 Å². The van der Waals surface area contributed by atoms with E-state index in [1.807, 2.05) is 4.57 Å². The number of alkyl halides is 1. The number of rotatable bonds is 4. The van der Waals surface area contributed by atoms with Crippen LogP contribution in [-0.4, -0.2) is 15.4 Å². The second-order valence-electron chi connectivity index (χ2n) is 5.52. The van der Waals surface area contributed by atoms with E-state index < -0.39 is 11.6 Å². The number of nitrogens with zero attached hydrogens (tertiary/aromatic N) is 2. The molecule has 1 aliphatic rings. The van der Waals surface area contributed by atoms with Crippen LogP contribution in [0.1, 0.15) is 38.1 Å². The number of hydrogen-bond acceptors (Lipinski definition) is 1. The standard InChI is InChI=1S/C15H17ClF2N2/c1-9(10-3-2-4-10)20-13-8-11(17)7-12(18)15(13)19-14(20)5-6-16/h7-10H,2-6H2,1H3. The first-order chi connectivity index (χ1) is 9.61. The Morgan fingerprint density at radius 3 is 2.75 bits per heavy atom. The topological polar surface area (TPSA) is 17.8 Å². The SMILES string of the molecule is CC(C1CCC1)n1c(CCCl)nc2c(F)cc(F)cc21. The Bertz CT molecular complexity index is 634. The molecular formula is C15H17ClF2N2. The van der Waals surface area contributed by atoms with E-state index in [-0.39, 0.29) is 11.6 Å². The highest BCUT2D eigenvalue weighted by Crippen LogP contribution is 2.38. The molecule has 0 amide bonds. The molecule has 0 aliphatic heterocycles. The van der Waals surface area contributed by atoms with Gasteiger partial charge in [0.05, 0.1) is 5.52 Å². The van der Waals surface area contributed by atoms with E-state index in [1.165, 1.54) is 25.3 Å². The second kappa shape index (κ2) is 5.32. The lowest BCUT2D eigenvalue weighted by molar-refractivity contribution is 0.223. The number of fused-ring (bicyclic) bond motifs is 1. The van der Waals surface area contributed by atoms with Gasteiger partial charge in [0.1, 0.15) is 17.2 Å². The van der Waals surface area contributed by atoms with Gasteiger partial charge in [0.25, 0.3) is 0 Å². The molecule has 0 saturated heterocycles. The third-order valence-corrected chi connectivity index (χ3v) is 4.53. The van der Waals surface area contributed by atoms with Crippen LogP contribution >= 0.6 is 11.6 Å². The van der Waals surface area contributed by atoms with Crippen molar-refractivity contribution in [3.05, 3.63) is 29.6 Å². The summed E-state index contributed by atoms with van der Waals surface area (Å²) < 4.78 is 29.4. The smallest absolute Gasteiger partial charge is 0.153 e. The maximum atomic E-state index is 13.9. The highest BCUT2D eigenvalue weighted by molar-refractivity contribution is 6.17. The molecular weight excluding hydrogens is 282 g/mol. The molecule has 1 saturated carbocycles. The Labute approximate surface area is 121 Å². The number of benzene rings is 1. The van der Waals surface area contributed by atoms with Gasteiger partial charge in [0.2, 0.25) is 0 Å². The summed E-state index contributed by atoms with van der Waals surface area (Å²) in [4.78, 5) is 4.34. The number of halogens is 3. The van der Waals surface area contributed by atoms with E-state index >= 15 is 0 Å². The minimum atomic E-state index is -0.601. The molecule has 0 spiro atoms. The fourth-order valence-corrected chi connectivity index (χ4v) is 3.19. The third-order valence-electron chi connectivity index (χ3n) is 4.34. The van der Waals surface area contributed by atoms with Crippen molar-refractivity contribution in [1.82, 2.24) is 9.55 Å². The summed E-state index contributed by atoms with van der Waals surface area (Å²) in [7, 11) is 0. The summed E-state index contributed by atoms with van der Waals surface area (Å²) in [6.07, 6.45) is 4.13. The van der Waals surface area contributed by atoms with Crippen LogP contribution in [0.4, 0.5) is 8.78 Å². The monoisotopic (exact) mass is 298 g/mol. The summed E-state index contributed by atoms with van der Waals surface area (Å²) in [5.41, 5.74) is 0.791. The largest absolute Gasteiger partial charge is 0.325 e. The van der Waals surface area contributed by atoms with E-state index in [2.05, 4.69) is 11.9 Å². The highest BCUT2D eigenvalue weighted by atomic mass is 35.5. The van der Waals surface area contributed by atoms with Crippen LogP contribution in [-0.2, 0) is 6.42 Å². The molecule has 3 rings (SSSR count). The van der Waals surface area contributed by atoms with Crippen LogP contribution in [0.3, 0.4) is 0 Å². The summed E-state index contributed by atoms with van der Waals surface area (Å²) in [6, 6.07) is 2.46. The predicted octanol–water partition coefficient (Wildman–Crippen LogP) is 4.46. The lowest BCUT2D eigenvalue weighted by atomic mass is 9.80. The normalized spacial score (nSPS) is 17.4. The quantitative estimate of drug-likeness (QED) is 0.762. The van der Waals surface area contributed by atoms with E-state index in [9.17, 15) is 8.78 Å². The fourth-order valence-electron chi connectivity index (χ4n) is 3.02. The molecule has 0 radical (unpaired) electrons. The van der Waals surface area contributed by atoms with Gasteiger partial charge in [-0.05, 0) is 31.7 Å². The van der Waals surface area contributed by atoms with Crippen LogP contribution in [0.25, 0.3) is 11.0 Å². The minimum Gasteiger partial charge on any atom is -0.325 e. The number of imidazole rings is 1. The van der Waals surface area contributed by atoms with Gasteiger partial charge in [-0.3, -0.25) is 0 Å². The Kier molecular flexibility index (Phi) is 3.67. The molecule has 20 heavy (non-hydrogen) atoms. The zero-order valence-electron chi connectivity index (χ0n) is 11.4. The number of hydrogen-bond donors (Lipinski definition) is 0. The molecule has 108 valence electrons. The minimum absolute atomic E-state index is 0.202. The Morgan fingerprint density at radius 1 is 1.40 bits per heavy atom. The van der Waals surface area contributed by atoms with E-state index in [0.29, 0.717) is 23.7 Å². The van der Waals surface area contributed by atoms with Crippen LogP contribution in [0.2, 0.25) is 0 Å². The molecule has 2 aromatic rings. The molecule has 1 aromatic carbocycles. The van der Waals surface area contributed by atoms with Gasteiger partial charge in [0, 0.05) is 24.4 Å². The molecule has 1 unspecified atom stereocenters. The summed E-state index contributed by atoms with van der Waals surface area (Å²) >= 11 is 5.82. The van der Waals surface area contributed by atoms with Gasteiger partial charge in [-0.2, -0.15) is 0 Å². The lowest BCUT2D eigenvalue weighted by Crippen LogP contribution is -2.24.